The molecule has 0 amide bonds. The SMILES string of the molecule is CNC1CC2CCC(C1)N2CC(=O)OC. The van der Waals surface area contributed by atoms with Crippen LogP contribution in [-0.2, 0) is 9.53 Å². The standard InChI is InChI=1S/C11H20N2O2/c1-12-8-5-9-3-4-10(6-8)13(9)7-11(14)15-2/h8-10,12H,3-7H2,1-2H3. The Hall–Kier alpha value is -0.610. The molecule has 2 bridgehead atoms. The number of rotatable bonds is 3. The summed E-state index contributed by atoms with van der Waals surface area (Å²) in [6.45, 7) is 0.474. The second kappa shape index (κ2) is 4.49. The number of ether oxygens (including phenoxy) is 1. The molecule has 86 valence electrons. The molecule has 2 unspecified atom stereocenters. The fourth-order valence-corrected chi connectivity index (χ4v) is 2.98. The first-order valence-corrected chi connectivity index (χ1v) is 5.74. The van der Waals surface area contributed by atoms with Gasteiger partial charge in [-0.3, -0.25) is 9.69 Å². The first-order valence-electron chi connectivity index (χ1n) is 5.74. The van der Waals surface area contributed by atoms with Gasteiger partial charge < -0.3 is 10.1 Å². The third kappa shape index (κ3) is 2.16. The highest BCUT2D eigenvalue weighted by molar-refractivity contribution is 5.71. The van der Waals surface area contributed by atoms with E-state index in [0.717, 1.165) is 0 Å². The molecule has 0 aromatic heterocycles. The molecule has 2 rings (SSSR count). The summed E-state index contributed by atoms with van der Waals surface area (Å²) in [4.78, 5) is 13.6. The molecule has 4 nitrogen and oxygen atoms in total. The Morgan fingerprint density at radius 3 is 2.47 bits per heavy atom. The summed E-state index contributed by atoms with van der Waals surface area (Å²) in [5.41, 5.74) is 0. The molecule has 2 aliphatic heterocycles. The van der Waals surface area contributed by atoms with Crippen molar-refractivity contribution in [1.82, 2.24) is 10.2 Å². The van der Waals surface area contributed by atoms with E-state index in [0.29, 0.717) is 24.7 Å². The summed E-state index contributed by atoms with van der Waals surface area (Å²) in [5.74, 6) is -0.102. The molecule has 0 spiro atoms. The fourth-order valence-electron chi connectivity index (χ4n) is 2.98. The minimum atomic E-state index is -0.102. The maximum absolute atomic E-state index is 11.3. The Bertz CT molecular complexity index is 231. The van der Waals surface area contributed by atoms with Crippen LogP contribution in [0.4, 0.5) is 0 Å². The number of fused-ring (bicyclic) bond motifs is 2. The predicted octanol–water partition coefficient (Wildman–Crippen LogP) is 0.374. The van der Waals surface area contributed by atoms with Gasteiger partial charge >= 0.3 is 5.97 Å². The van der Waals surface area contributed by atoms with Gasteiger partial charge in [-0.15, -0.1) is 0 Å². The number of piperidine rings is 1. The van der Waals surface area contributed by atoms with Crippen LogP contribution in [-0.4, -0.2) is 49.7 Å². The number of nitrogens with zero attached hydrogens (tertiary/aromatic N) is 1. The molecule has 2 heterocycles. The number of esters is 1. The smallest absolute Gasteiger partial charge is 0.319 e. The van der Waals surface area contributed by atoms with E-state index in [4.69, 9.17) is 4.74 Å². The number of hydrogen-bond donors (Lipinski definition) is 1. The Morgan fingerprint density at radius 2 is 2.00 bits per heavy atom. The first-order chi connectivity index (χ1) is 7.24. The maximum Gasteiger partial charge on any atom is 0.319 e. The highest BCUT2D eigenvalue weighted by Crippen LogP contribution is 2.35. The fraction of sp³-hybridized carbons (Fsp3) is 0.909. The van der Waals surface area contributed by atoms with Gasteiger partial charge in [0.1, 0.15) is 0 Å². The molecule has 2 aliphatic rings. The van der Waals surface area contributed by atoms with E-state index in [2.05, 4.69) is 10.2 Å². The Morgan fingerprint density at radius 1 is 1.40 bits per heavy atom. The summed E-state index contributed by atoms with van der Waals surface area (Å²) in [6, 6.07) is 1.80. The van der Waals surface area contributed by atoms with Crippen LogP contribution in [0.15, 0.2) is 0 Å². The third-order valence-electron chi connectivity index (χ3n) is 3.83. The lowest BCUT2D eigenvalue weighted by Gasteiger charge is -2.38. The van der Waals surface area contributed by atoms with Gasteiger partial charge in [0.25, 0.3) is 0 Å². The van der Waals surface area contributed by atoms with Crippen molar-refractivity contribution in [2.24, 2.45) is 0 Å². The van der Waals surface area contributed by atoms with Gasteiger partial charge in [-0.1, -0.05) is 0 Å². The van der Waals surface area contributed by atoms with E-state index in [9.17, 15) is 4.79 Å². The lowest BCUT2D eigenvalue weighted by Crippen LogP contribution is -2.50. The molecular weight excluding hydrogens is 192 g/mol. The second-order valence-electron chi connectivity index (χ2n) is 4.59. The molecular formula is C11H20N2O2. The van der Waals surface area contributed by atoms with Crippen molar-refractivity contribution in [2.45, 2.75) is 43.8 Å². The Labute approximate surface area is 91.0 Å². The van der Waals surface area contributed by atoms with Crippen LogP contribution in [0.5, 0.6) is 0 Å². The maximum atomic E-state index is 11.3. The highest BCUT2D eigenvalue weighted by Gasteiger charge is 2.40. The quantitative estimate of drug-likeness (QED) is 0.686. The van der Waals surface area contributed by atoms with E-state index in [-0.39, 0.29) is 5.97 Å². The number of carbonyl (C=O) groups excluding carboxylic acids is 1. The predicted molar refractivity (Wildman–Crippen MR) is 57.6 cm³/mol. The molecule has 1 N–H and O–H groups in total. The largest absolute Gasteiger partial charge is 0.468 e. The summed E-state index contributed by atoms with van der Waals surface area (Å²) in [7, 11) is 3.49. The number of carbonyl (C=O) groups is 1. The molecule has 0 aromatic carbocycles. The van der Waals surface area contributed by atoms with Crippen LogP contribution in [0.2, 0.25) is 0 Å². The van der Waals surface area contributed by atoms with Crippen LogP contribution >= 0.6 is 0 Å². The van der Waals surface area contributed by atoms with Gasteiger partial charge in [-0.05, 0) is 32.7 Å². The zero-order valence-corrected chi connectivity index (χ0v) is 9.53. The van der Waals surface area contributed by atoms with E-state index < -0.39 is 0 Å². The molecule has 0 radical (unpaired) electrons. The third-order valence-corrected chi connectivity index (χ3v) is 3.83. The zero-order valence-electron chi connectivity index (χ0n) is 9.53. The number of hydrogen-bond acceptors (Lipinski definition) is 4. The molecule has 2 atom stereocenters. The molecule has 15 heavy (non-hydrogen) atoms. The average molecular weight is 212 g/mol. The van der Waals surface area contributed by atoms with E-state index in [1.807, 2.05) is 7.05 Å². The average Bonchev–Trinajstić information content (AvgIpc) is 2.51. The summed E-state index contributed by atoms with van der Waals surface area (Å²) >= 11 is 0. The summed E-state index contributed by atoms with van der Waals surface area (Å²) < 4.78 is 4.73. The summed E-state index contributed by atoms with van der Waals surface area (Å²) in [5, 5.41) is 3.35. The van der Waals surface area contributed by atoms with Crippen LogP contribution in [0, 0.1) is 0 Å². The molecule has 0 saturated carbocycles. The van der Waals surface area contributed by atoms with Crippen molar-refractivity contribution in [3.8, 4) is 0 Å². The van der Waals surface area contributed by atoms with E-state index in [1.165, 1.54) is 32.8 Å². The number of methoxy groups -OCH3 is 1. The van der Waals surface area contributed by atoms with E-state index >= 15 is 0 Å². The molecule has 0 aromatic rings. The summed E-state index contributed by atoms with van der Waals surface area (Å²) in [6.07, 6.45) is 4.81. The minimum Gasteiger partial charge on any atom is -0.468 e. The Balaban J connectivity index is 1.95. The normalized spacial score (nSPS) is 35.5. The van der Waals surface area contributed by atoms with Gasteiger partial charge in [-0.25, -0.2) is 0 Å². The number of nitrogens with one attached hydrogen (secondary N) is 1. The van der Waals surface area contributed by atoms with Gasteiger partial charge in [0.15, 0.2) is 0 Å². The zero-order chi connectivity index (χ0) is 10.8. The van der Waals surface area contributed by atoms with E-state index in [1.54, 1.807) is 0 Å². The lowest BCUT2D eigenvalue weighted by molar-refractivity contribution is -0.143. The first kappa shape index (κ1) is 10.9. The lowest BCUT2D eigenvalue weighted by atomic mass is 9.97. The van der Waals surface area contributed by atoms with Crippen LogP contribution in [0.3, 0.4) is 0 Å². The van der Waals surface area contributed by atoms with Crippen LogP contribution in [0.1, 0.15) is 25.7 Å². The molecule has 0 aliphatic carbocycles. The van der Waals surface area contributed by atoms with Crippen molar-refractivity contribution in [1.29, 1.82) is 0 Å². The topological polar surface area (TPSA) is 41.6 Å². The van der Waals surface area contributed by atoms with Crippen LogP contribution < -0.4 is 5.32 Å². The van der Waals surface area contributed by atoms with Crippen molar-refractivity contribution >= 4 is 5.97 Å². The van der Waals surface area contributed by atoms with Crippen molar-refractivity contribution in [3.63, 3.8) is 0 Å². The van der Waals surface area contributed by atoms with Crippen LogP contribution in [0.25, 0.3) is 0 Å². The van der Waals surface area contributed by atoms with Gasteiger partial charge in [0.2, 0.25) is 0 Å². The van der Waals surface area contributed by atoms with Gasteiger partial charge in [0.05, 0.1) is 13.7 Å². The molecule has 2 saturated heterocycles. The van der Waals surface area contributed by atoms with Crippen molar-refractivity contribution < 1.29 is 9.53 Å². The Kier molecular flexibility index (Phi) is 3.26. The van der Waals surface area contributed by atoms with Crippen molar-refractivity contribution in [2.75, 3.05) is 20.7 Å². The second-order valence-corrected chi connectivity index (χ2v) is 4.59. The molecule has 4 heteroatoms. The molecule has 2 fully saturated rings. The van der Waals surface area contributed by atoms with Gasteiger partial charge in [-0.2, -0.15) is 0 Å². The minimum absolute atomic E-state index is 0.102. The van der Waals surface area contributed by atoms with Gasteiger partial charge in [0, 0.05) is 18.1 Å². The van der Waals surface area contributed by atoms with Crippen molar-refractivity contribution in [3.05, 3.63) is 0 Å². The monoisotopic (exact) mass is 212 g/mol. The highest BCUT2D eigenvalue weighted by atomic mass is 16.5.